The lowest BCUT2D eigenvalue weighted by Crippen LogP contribution is -2.22. The summed E-state index contributed by atoms with van der Waals surface area (Å²) in [5, 5.41) is 2.31. The van der Waals surface area contributed by atoms with E-state index in [0.717, 1.165) is 0 Å². The maximum Gasteiger partial charge on any atom is 0.412 e. The lowest BCUT2D eigenvalue weighted by atomic mass is 10.2. The Morgan fingerprint density at radius 1 is 1.20 bits per heavy atom. The van der Waals surface area contributed by atoms with E-state index in [1.807, 2.05) is 0 Å². The number of benzene rings is 1. The third kappa shape index (κ3) is 2.98. The second-order valence-electron chi connectivity index (χ2n) is 2.66. The van der Waals surface area contributed by atoms with Gasteiger partial charge in [0.15, 0.2) is 0 Å². The highest BCUT2D eigenvalue weighted by molar-refractivity contribution is 5.89. The maximum absolute atomic E-state index is 11.1. The first-order valence-corrected chi connectivity index (χ1v) is 4.25. The molecule has 5 heteroatoms. The molecule has 0 heterocycles. The minimum atomic E-state index is -0.555. The van der Waals surface area contributed by atoms with Gasteiger partial charge in [0, 0.05) is 7.05 Å². The van der Waals surface area contributed by atoms with Gasteiger partial charge in [0.1, 0.15) is 5.75 Å². The average Bonchev–Trinajstić information content (AvgIpc) is 2.29. The fraction of sp³-hybridized carbons (Fsp3) is 0.200. The van der Waals surface area contributed by atoms with Gasteiger partial charge >= 0.3 is 12.1 Å². The third-order valence-electron chi connectivity index (χ3n) is 1.69. The van der Waals surface area contributed by atoms with Gasteiger partial charge in [0.25, 0.3) is 0 Å². The monoisotopic (exact) mass is 209 g/mol. The van der Waals surface area contributed by atoms with E-state index in [9.17, 15) is 9.59 Å². The van der Waals surface area contributed by atoms with Gasteiger partial charge < -0.3 is 14.8 Å². The van der Waals surface area contributed by atoms with Crippen molar-refractivity contribution in [1.82, 2.24) is 5.32 Å². The van der Waals surface area contributed by atoms with Crippen LogP contribution in [0, 0.1) is 0 Å². The zero-order valence-electron chi connectivity index (χ0n) is 8.44. The van der Waals surface area contributed by atoms with Crippen molar-refractivity contribution in [1.29, 1.82) is 0 Å². The molecule has 1 aromatic rings. The number of esters is 1. The molecule has 0 aliphatic heterocycles. The van der Waals surface area contributed by atoms with Gasteiger partial charge in [-0.1, -0.05) is 0 Å². The molecule has 80 valence electrons. The largest absolute Gasteiger partial charge is 0.465 e. The fourth-order valence-electron chi connectivity index (χ4n) is 0.935. The standard InChI is InChI=1S/C10H11NO4/c1-11-10(13)15-8-5-3-7(4-6-8)9(12)14-2/h3-6H,1-2H3,(H,11,13). The molecule has 1 aromatic carbocycles. The molecule has 0 aromatic heterocycles. The normalized spacial score (nSPS) is 9.20. The van der Waals surface area contributed by atoms with Crippen molar-refractivity contribution in [2.45, 2.75) is 0 Å². The van der Waals surface area contributed by atoms with Crippen LogP contribution in [0.25, 0.3) is 0 Å². The molecule has 0 fully saturated rings. The Labute approximate surface area is 87.0 Å². The average molecular weight is 209 g/mol. The number of hydrogen-bond acceptors (Lipinski definition) is 4. The van der Waals surface area contributed by atoms with Crippen molar-refractivity contribution in [3.8, 4) is 5.75 Å². The van der Waals surface area contributed by atoms with Crippen molar-refractivity contribution in [2.75, 3.05) is 14.2 Å². The Balaban J connectivity index is 2.72. The van der Waals surface area contributed by atoms with Crippen LogP contribution < -0.4 is 10.1 Å². The quantitative estimate of drug-likeness (QED) is 0.743. The number of methoxy groups -OCH3 is 1. The topological polar surface area (TPSA) is 64.6 Å². The number of carbonyl (C=O) groups excluding carboxylic acids is 2. The number of hydrogen-bond donors (Lipinski definition) is 1. The SMILES string of the molecule is CNC(=O)Oc1ccc(C(=O)OC)cc1. The van der Waals surface area contributed by atoms with E-state index in [2.05, 4.69) is 10.1 Å². The van der Waals surface area contributed by atoms with E-state index in [0.29, 0.717) is 11.3 Å². The predicted molar refractivity (Wildman–Crippen MR) is 52.9 cm³/mol. The minimum Gasteiger partial charge on any atom is -0.465 e. The fourth-order valence-corrected chi connectivity index (χ4v) is 0.935. The van der Waals surface area contributed by atoms with Crippen LogP contribution in [-0.4, -0.2) is 26.2 Å². The van der Waals surface area contributed by atoms with E-state index in [1.165, 1.54) is 38.4 Å². The summed E-state index contributed by atoms with van der Waals surface area (Å²) >= 11 is 0. The summed E-state index contributed by atoms with van der Waals surface area (Å²) in [5.41, 5.74) is 0.404. The highest BCUT2D eigenvalue weighted by Gasteiger charge is 2.06. The smallest absolute Gasteiger partial charge is 0.412 e. The zero-order chi connectivity index (χ0) is 11.3. The van der Waals surface area contributed by atoms with Crippen LogP contribution in [0.2, 0.25) is 0 Å². The van der Waals surface area contributed by atoms with Crippen LogP contribution in [0.15, 0.2) is 24.3 Å². The van der Waals surface area contributed by atoms with E-state index in [4.69, 9.17) is 4.74 Å². The summed E-state index contributed by atoms with van der Waals surface area (Å²) in [5.74, 6) is -0.0662. The highest BCUT2D eigenvalue weighted by Crippen LogP contribution is 2.12. The number of nitrogens with one attached hydrogen (secondary N) is 1. The molecular weight excluding hydrogens is 198 g/mol. The van der Waals surface area contributed by atoms with Crippen LogP contribution in [0.5, 0.6) is 5.75 Å². The van der Waals surface area contributed by atoms with Crippen LogP contribution in [0.3, 0.4) is 0 Å². The lowest BCUT2D eigenvalue weighted by molar-refractivity contribution is 0.0600. The van der Waals surface area contributed by atoms with Crippen molar-refractivity contribution in [3.05, 3.63) is 29.8 Å². The van der Waals surface area contributed by atoms with Gasteiger partial charge in [0.2, 0.25) is 0 Å². The summed E-state index contributed by atoms with van der Waals surface area (Å²) in [6.07, 6.45) is -0.555. The molecule has 15 heavy (non-hydrogen) atoms. The zero-order valence-corrected chi connectivity index (χ0v) is 8.44. The van der Waals surface area contributed by atoms with Gasteiger partial charge in [0.05, 0.1) is 12.7 Å². The first kappa shape index (κ1) is 11.0. The van der Waals surface area contributed by atoms with Gasteiger partial charge in [-0.25, -0.2) is 9.59 Å². The van der Waals surface area contributed by atoms with Gasteiger partial charge in [-0.3, -0.25) is 0 Å². The van der Waals surface area contributed by atoms with Gasteiger partial charge in [-0.05, 0) is 24.3 Å². The lowest BCUT2D eigenvalue weighted by Gasteiger charge is -2.03. The Bertz CT molecular complexity index is 358. The number of rotatable bonds is 2. The summed E-state index contributed by atoms with van der Waals surface area (Å²) in [6.45, 7) is 0. The molecule has 1 amide bonds. The second kappa shape index (κ2) is 4.99. The summed E-state index contributed by atoms with van der Waals surface area (Å²) in [4.78, 5) is 21.9. The summed E-state index contributed by atoms with van der Waals surface area (Å²) < 4.78 is 9.35. The van der Waals surface area contributed by atoms with Crippen LogP contribution in [0.4, 0.5) is 4.79 Å². The maximum atomic E-state index is 11.1. The summed E-state index contributed by atoms with van der Waals surface area (Å²) in [6, 6.07) is 6.07. The van der Waals surface area contributed by atoms with Gasteiger partial charge in [-0.2, -0.15) is 0 Å². The van der Waals surface area contributed by atoms with Crippen molar-refractivity contribution < 1.29 is 19.1 Å². The third-order valence-corrected chi connectivity index (χ3v) is 1.69. The number of ether oxygens (including phenoxy) is 2. The number of carbonyl (C=O) groups is 2. The first-order valence-electron chi connectivity index (χ1n) is 4.25. The molecule has 0 radical (unpaired) electrons. The molecule has 0 aliphatic carbocycles. The predicted octanol–water partition coefficient (Wildman–Crippen LogP) is 1.19. The first-order chi connectivity index (χ1) is 7.17. The Morgan fingerprint density at radius 2 is 1.80 bits per heavy atom. The van der Waals surface area contributed by atoms with Crippen molar-refractivity contribution >= 4 is 12.1 Å². The molecular formula is C10H11NO4. The summed E-state index contributed by atoms with van der Waals surface area (Å²) in [7, 11) is 2.77. The molecule has 0 spiro atoms. The molecule has 0 saturated heterocycles. The van der Waals surface area contributed by atoms with E-state index in [1.54, 1.807) is 0 Å². The van der Waals surface area contributed by atoms with Crippen LogP contribution in [-0.2, 0) is 4.74 Å². The van der Waals surface area contributed by atoms with Crippen LogP contribution in [0.1, 0.15) is 10.4 Å². The van der Waals surface area contributed by atoms with E-state index < -0.39 is 12.1 Å². The molecule has 0 unspecified atom stereocenters. The van der Waals surface area contributed by atoms with Crippen LogP contribution >= 0.6 is 0 Å². The van der Waals surface area contributed by atoms with Crippen molar-refractivity contribution in [3.63, 3.8) is 0 Å². The number of amides is 1. The van der Waals surface area contributed by atoms with E-state index in [-0.39, 0.29) is 0 Å². The molecule has 0 atom stereocenters. The molecule has 1 rings (SSSR count). The minimum absolute atomic E-state index is 0.363. The van der Waals surface area contributed by atoms with E-state index >= 15 is 0 Å². The Morgan fingerprint density at radius 3 is 2.27 bits per heavy atom. The highest BCUT2D eigenvalue weighted by atomic mass is 16.6. The molecule has 0 bridgehead atoms. The molecule has 0 aliphatic rings. The second-order valence-corrected chi connectivity index (χ2v) is 2.66. The Hall–Kier alpha value is -2.04. The van der Waals surface area contributed by atoms with Crippen molar-refractivity contribution in [2.24, 2.45) is 0 Å². The Kier molecular flexibility index (Phi) is 3.68. The molecule has 1 N–H and O–H groups in total. The molecule has 5 nitrogen and oxygen atoms in total. The van der Waals surface area contributed by atoms with Gasteiger partial charge in [-0.15, -0.1) is 0 Å². The molecule has 0 saturated carbocycles.